The SMILES string of the molecule is COC(CNc1ccc(I)cc1C)OC. The van der Waals surface area contributed by atoms with Gasteiger partial charge in [0.2, 0.25) is 0 Å². The van der Waals surface area contributed by atoms with Crippen LogP contribution in [0.2, 0.25) is 0 Å². The molecular weight excluding hydrogens is 305 g/mol. The van der Waals surface area contributed by atoms with E-state index in [1.165, 1.54) is 9.13 Å². The van der Waals surface area contributed by atoms with Crippen molar-refractivity contribution in [1.82, 2.24) is 0 Å². The second-order valence-electron chi connectivity index (χ2n) is 3.24. The maximum atomic E-state index is 5.10. The second kappa shape index (κ2) is 6.30. The van der Waals surface area contributed by atoms with E-state index >= 15 is 0 Å². The molecule has 0 radical (unpaired) electrons. The summed E-state index contributed by atoms with van der Waals surface area (Å²) in [6.45, 7) is 2.73. The highest BCUT2D eigenvalue weighted by molar-refractivity contribution is 14.1. The Morgan fingerprint density at radius 1 is 1.33 bits per heavy atom. The van der Waals surface area contributed by atoms with Gasteiger partial charge in [-0.25, -0.2) is 0 Å². The molecule has 4 heteroatoms. The van der Waals surface area contributed by atoms with Gasteiger partial charge in [-0.05, 0) is 53.3 Å². The van der Waals surface area contributed by atoms with E-state index in [1.54, 1.807) is 14.2 Å². The van der Waals surface area contributed by atoms with Crippen LogP contribution in [0.4, 0.5) is 5.69 Å². The maximum Gasteiger partial charge on any atom is 0.173 e. The van der Waals surface area contributed by atoms with Crippen LogP contribution < -0.4 is 5.32 Å². The van der Waals surface area contributed by atoms with E-state index in [0.29, 0.717) is 6.54 Å². The fraction of sp³-hybridized carbons (Fsp3) is 0.455. The molecule has 1 aromatic rings. The number of rotatable bonds is 5. The lowest BCUT2D eigenvalue weighted by Gasteiger charge is -2.16. The fourth-order valence-corrected chi connectivity index (χ4v) is 1.93. The molecule has 0 atom stereocenters. The third kappa shape index (κ3) is 3.96. The standard InChI is InChI=1S/C11H16INO2/c1-8-6-9(12)4-5-10(8)13-7-11(14-2)15-3/h4-6,11,13H,7H2,1-3H3. The highest BCUT2D eigenvalue weighted by Gasteiger charge is 2.05. The summed E-state index contributed by atoms with van der Waals surface area (Å²) in [5, 5.41) is 3.29. The van der Waals surface area contributed by atoms with Gasteiger partial charge >= 0.3 is 0 Å². The lowest BCUT2D eigenvalue weighted by atomic mass is 10.2. The highest BCUT2D eigenvalue weighted by Crippen LogP contribution is 2.17. The predicted molar refractivity (Wildman–Crippen MR) is 70.2 cm³/mol. The van der Waals surface area contributed by atoms with E-state index in [9.17, 15) is 0 Å². The minimum Gasteiger partial charge on any atom is -0.380 e. The zero-order valence-electron chi connectivity index (χ0n) is 9.21. The third-order valence-corrected chi connectivity index (χ3v) is 2.84. The molecule has 0 spiro atoms. The van der Waals surface area contributed by atoms with Crippen LogP contribution in [0, 0.1) is 10.5 Å². The second-order valence-corrected chi connectivity index (χ2v) is 4.49. The maximum absolute atomic E-state index is 5.10. The zero-order chi connectivity index (χ0) is 11.3. The normalized spacial score (nSPS) is 10.7. The van der Waals surface area contributed by atoms with Crippen LogP contribution in [-0.2, 0) is 9.47 Å². The fourth-order valence-electron chi connectivity index (χ4n) is 1.28. The lowest BCUT2D eigenvalue weighted by Crippen LogP contribution is -2.23. The molecule has 0 saturated heterocycles. The first-order valence-electron chi connectivity index (χ1n) is 4.73. The van der Waals surface area contributed by atoms with Crippen LogP contribution in [-0.4, -0.2) is 27.1 Å². The van der Waals surface area contributed by atoms with E-state index in [0.717, 1.165) is 5.69 Å². The van der Waals surface area contributed by atoms with Crippen molar-refractivity contribution in [1.29, 1.82) is 0 Å². The van der Waals surface area contributed by atoms with Gasteiger partial charge in [0.1, 0.15) is 0 Å². The average Bonchev–Trinajstić information content (AvgIpc) is 2.22. The van der Waals surface area contributed by atoms with Gasteiger partial charge in [0.15, 0.2) is 6.29 Å². The van der Waals surface area contributed by atoms with Crippen molar-refractivity contribution < 1.29 is 9.47 Å². The van der Waals surface area contributed by atoms with Crippen LogP contribution in [0.1, 0.15) is 5.56 Å². The Bertz CT molecular complexity index is 313. The molecule has 0 fully saturated rings. The van der Waals surface area contributed by atoms with Crippen molar-refractivity contribution in [3.8, 4) is 0 Å². The molecule has 0 bridgehead atoms. The highest BCUT2D eigenvalue weighted by atomic mass is 127. The van der Waals surface area contributed by atoms with Crippen LogP contribution in [0.15, 0.2) is 18.2 Å². The number of ether oxygens (including phenoxy) is 2. The van der Waals surface area contributed by atoms with Gasteiger partial charge in [-0.3, -0.25) is 0 Å². The lowest BCUT2D eigenvalue weighted by molar-refractivity contribution is -0.0914. The first kappa shape index (κ1) is 12.7. The van der Waals surface area contributed by atoms with E-state index in [1.807, 2.05) is 0 Å². The summed E-state index contributed by atoms with van der Waals surface area (Å²) >= 11 is 2.30. The summed E-state index contributed by atoms with van der Waals surface area (Å²) in [5.41, 5.74) is 2.35. The van der Waals surface area contributed by atoms with Crippen LogP contribution in [0.25, 0.3) is 0 Å². The van der Waals surface area contributed by atoms with E-state index in [2.05, 4.69) is 53.0 Å². The van der Waals surface area contributed by atoms with Crippen LogP contribution in [0.5, 0.6) is 0 Å². The molecule has 1 N–H and O–H groups in total. The number of hydrogen-bond acceptors (Lipinski definition) is 3. The molecule has 1 rings (SSSR count). The van der Waals surface area contributed by atoms with Gasteiger partial charge in [-0.2, -0.15) is 0 Å². The monoisotopic (exact) mass is 321 g/mol. The topological polar surface area (TPSA) is 30.5 Å². The molecule has 0 unspecified atom stereocenters. The molecular formula is C11H16INO2. The number of benzene rings is 1. The van der Waals surface area contributed by atoms with E-state index < -0.39 is 0 Å². The van der Waals surface area contributed by atoms with Gasteiger partial charge in [0, 0.05) is 23.5 Å². The quantitative estimate of drug-likeness (QED) is 0.668. The van der Waals surface area contributed by atoms with Crippen molar-refractivity contribution in [3.63, 3.8) is 0 Å². The van der Waals surface area contributed by atoms with Gasteiger partial charge in [-0.15, -0.1) is 0 Å². The Hall–Kier alpha value is -0.330. The summed E-state index contributed by atoms with van der Waals surface area (Å²) < 4.78 is 11.4. The molecule has 0 aromatic heterocycles. The van der Waals surface area contributed by atoms with Gasteiger partial charge in [0.05, 0.1) is 6.54 Å². The number of halogens is 1. The van der Waals surface area contributed by atoms with Gasteiger partial charge in [0.25, 0.3) is 0 Å². The number of nitrogens with one attached hydrogen (secondary N) is 1. The Labute approximate surface area is 104 Å². The molecule has 3 nitrogen and oxygen atoms in total. The van der Waals surface area contributed by atoms with Crippen molar-refractivity contribution >= 4 is 28.3 Å². The van der Waals surface area contributed by atoms with Crippen molar-refractivity contribution in [2.75, 3.05) is 26.1 Å². The molecule has 84 valence electrons. The number of hydrogen-bond donors (Lipinski definition) is 1. The molecule has 0 heterocycles. The average molecular weight is 321 g/mol. The first-order chi connectivity index (χ1) is 7.17. The van der Waals surface area contributed by atoms with Crippen molar-refractivity contribution in [2.45, 2.75) is 13.2 Å². The Morgan fingerprint density at radius 3 is 2.53 bits per heavy atom. The van der Waals surface area contributed by atoms with E-state index in [-0.39, 0.29) is 6.29 Å². The molecule has 0 amide bonds. The van der Waals surface area contributed by atoms with Gasteiger partial charge in [-0.1, -0.05) is 0 Å². The number of aryl methyl sites for hydroxylation is 1. The largest absolute Gasteiger partial charge is 0.380 e. The first-order valence-corrected chi connectivity index (χ1v) is 5.81. The minimum atomic E-state index is -0.205. The van der Waals surface area contributed by atoms with Crippen molar-refractivity contribution in [3.05, 3.63) is 27.3 Å². The number of methoxy groups -OCH3 is 2. The van der Waals surface area contributed by atoms with Crippen LogP contribution in [0.3, 0.4) is 0 Å². The smallest absolute Gasteiger partial charge is 0.173 e. The van der Waals surface area contributed by atoms with Crippen LogP contribution >= 0.6 is 22.6 Å². The summed E-state index contributed by atoms with van der Waals surface area (Å²) in [4.78, 5) is 0. The molecule has 15 heavy (non-hydrogen) atoms. The molecule has 0 aliphatic rings. The van der Waals surface area contributed by atoms with Gasteiger partial charge < -0.3 is 14.8 Å². The predicted octanol–water partition coefficient (Wildman–Crippen LogP) is 2.63. The molecule has 0 saturated carbocycles. The Morgan fingerprint density at radius 2 is 2.00 bits per heavy atom. The Balaban J connectivity index is 2.57. The zero-order valence-corrected chi connectivity index (χ0v) is 11.4. The number of anilines is 1. The third-order valence-electron chi connectivity index (χ3n) is 2.17. The van der Waals surface area contributed by atoms with E-state index in [4.69, 9.17) is 9.47 Å². The summed E-state index contributed by atoms with van der Waals surface area (Å²) in [6, 6.07) is 6.28. The summed E-state index contributed by atoms with van der Waals surface area (Å²) in [5.74, 6) is 0. The summed E-state index contributed by atoms with van der Waals surface area (Å²) in [6.07, 6.45) is -0.205. The minimum absolute atomic E-state index is 0.205. The molecule has 0 aliphatic heterocycles. The Kier molecular flexibility index (Phi) is 5.35. The molecule has 0 aliphatic carbocycles. The summed E-state index contributed by atoms with van der Waals surface area (Å²) in [7, 11) is 3.27. The van der Waals surface area contributed by atoms with Crippen molar-refractivity contribution in [2.24, 2.45) is 0 Å². The molecule has 1 aromatic carbocycles.